The van der Waals surface area contributed by atoms with E-state index in [-0.39, 0.29) is 0 Å². The summed E-state index contributed by atoms with van der Waals surface area (Å²) in [6.07, 6.45) is -0.396. The van der Waals surface area contributed by atoms with E-state index in [1.807, 2.05) is 0 Å². The molecule has 0 aromatic rings. The van der Waals surface area contributed by atoms with Gasteiger partial charge in [-0.15, -0.1) is 0 Å². The highest BCUT2D eigenvalue weighted by Crippen LogP contribution is 2.44. The van der Waals surface area contributed by atoms with E-state index < -0.39 is 30.6 Å². The van der Waals surface area contributed by atoms with E-state index in [1.54, 1.807) is 0 Å². The van der Waals surface area contributed by atoms with Crippen molar-refractivity contribution < 1.29 is 22.6 Å². The molecule has 1 heterocycles. The fourth-order valence-electron chi connectivity index (χ4n) is 1.20. The summed E-state index contributed by atoms with van der Waals surface area (Å²) in [5.41, 5.74) is 0. The number of rotatable bonds is 1. The second-order valence-electron chi connectivity index (χ2n) is 3.58. The average molecular weight is 198 g/mol. The predicted molar refractivity (Wildman–Crippen MR) is 40.2 cm³/mol. The first kappa shape index (κ1) is 10.8. The van der Waals surface area contributed by atoms with Crippen molar-refractivity contribution in [2.45, 2.75) is 44.8 Å². The van der Waals surface area contributed by atoms with Crippen molar-refractivity contribution in [1.29, 1.82) is 0 Å². The summed E-state index contributed by atoms with van der Waals surface area (Å²) in [5.74, 6) is -7.77. The van der Waals surface area contributed by atoms with E-state index in [0.717, 1.165) is 0 Å². The zero-order valence-electron chi connectivity index (χ0n) is 7.86. The fourth-order valence-corrected chi connectivity index (χ4v) is 1.20. The third-order valence-electron chi connectivity index (χ3n) is 2.01. The van der Waals surface area contributed by atoms with Crippen LogP contribution in [-0.4, -0.2) is 24.2 Å². The molecular formula is C8H13F3O2. The lowest BCUT2D eigenvalue weighted by Crippen LogP contribution is -2.59. The highest BCUT2D eigenvalue weighted by Gasteiger charge is 2.61. The van der Waals surface area contributed by atoms with Crippen molar-refractivity contribution in [1.82, 2.24) is 0 Å². The first-order chi connectivity index (χ1) is 5.72. The van der Waals surface area contributed by atoms with Crippen LogP contribution in [0.5, 0.6) is 0 Å². The maximum absolute atomic E-state index is 13.5. The lowest BCUT2D eigenvalue weighted by molar-refractivity contribution is -0.424. The summed E-state index contributed by atoms with van der Waals surface area (Å²) in [6, 6.07) is 0. The van der Waals surface area contributed by atoms with Crippen molar-refractivity contribution in [3.05, 3.63) is 0 Å². The van der Waals surface area contributed by atoms with Gasteiger partial charge < -0.3 is 9.47 Å². The maximum atomic E-state index is 13.5. The molecule has 13 heavy (non-hydrogen) atoms. The van der Waals surface area contributed by atoms with Crippen LogP contribution in [0, 0.1) is 0 Å². The number of ether oxygens (including phenoxy) is 2. The van der Waals surface area contributed by atoms with Gasteiger partial charge in [0.2, 0.25) is 0 Å². The fraction of sp³-hybridized carbons (Fsp3) is 1.00. The molecule has 0 saturated carbocycles. The van der Waals surface area contributed by atoms with Crippen LogP contribution in [0.3, 0.4) is 0 Å². The monoisotopic (exact) mass is 198 g/mol. The quantitative estimate of drug-likeness (QED) is 0.644. The Labute approximate surface area is 75.0 Å². The van der Waals surface area contributed by atoms with Gasteiger partial charge in [-0.3, -0.25) is 0 Å². The van der Waals surface area contributed by atoms with E-state index in [1.165, 1.54) is 20.8 Å². The summed E-state index contributed by atoms with van der Waals surface area (Å²) < 4.78 is 48.7. The van der Waals surface area contributed by atoms with Crippen molar-refractivity contribution >= 4 is 0 Å². The van der Waals surface area contributed by atoms with E-state index in [0.29, 0.717) is 0 Å². The molecule has 0 aromatic heterocycles. The Hall–Kier alpha value is -0.290. The van der Waals surface area contributed by atoms with Crippen LogP contribution in [0.1, 0.15) is 27.2 Å². The van der Waals surface area contributed by atoms with Crippen LogP contribution in [0.25, 0.3) is 0 Å². The van der Waals surface area contributed by atoms with Crippen LogP contribution in [0.15, 0.2) is 0 Å². The number of halogens is 3. The highest BCUT2D eigenvalue weighted by atomic mass is 19.3. The van der Waals surface area contributed by atoms with E-state index in [4.69, 9.17) is 0 Å². The topological polar surface area (TPSA) is 18.5 Å². The van der Waals surface area contributed by atoms with Crippen molar-refractivity contribution in [3.8, 4) is 0 Å². The third kappa shape index (κ3) is 1.81. The number of hydrogen-bond acceptors (Lipinski definition) is 2. The molecule has 0 aromatic carbocycles. The molecule has 0 bridgehead atoms. The minimum absolute atomic E-state index is 0.396. The smallest absolute Gasteiger partial charge is 0.328 e. The molecular weight excluding hydrogens is 185 g/mol. The molecule has 1 fully saturated rings. The van der Waals surface area contributed by atoms with Gasteiger partial charge >= 0.3 is 5.92 Å². The molecule has 0 amide bonds. The summed E-state index contributed by atoms with van der Waals surface area (Å²) >= 11 is 0. The van der Waals surface area contributed by atoms with Gasteiger partial charge in [0.1, 0.15) is 6.61 Å². The molecule has 1 aliphatic heterocycles. The van der Waals surface area contributed by atoms with Gasteiger partial charge in [0.15, 0.2) is 5.79 Å². The van der Waals surface area contributed by atoms with Crippen LogP contribution >= 0.6 is 0 Å². The van der Waals surface area contributed by atoms with Gasteiger partial charge in [0.25, 0.3) is 5.85 Å². The standard InChI is InChI=1S/C8H13F3O2/c1-4-8(11)7(9,10)5-12-6(2,3)13-8/h4-5H2,1-3H3. The van der Waals surface area contributed by atoms with Gasteiger partial charge in [-0.1, -0.05) is 6.92 Å². The van der Waals surface area contributed by atoms with E-state index >= 15 is 0 Å². The Balaban J connectivity index is 2.88. The molecule has 0 N–H and O–H groups in total. The van der Waals surface area contributed by atoms with Gasteiger partial charge in [0.05, 0.1) is 0 Å². The van der Waals surface area contributed by atoms with Gasteiger partial charge in [-0.25, -0.2) is 4.39 Å². The van der Waals surface area contributed by atoms with Crippen molar-refractivity contribution in [3.63, 3.8) is 0 Å². The molecule has 5 heteroatoms. The normalized spacial score (nSPS) is 37.4. The first-order valence-corrected chi connectivity index (χ1v) is 4.13. The number of hydrogen-bond donors (Lipinski definition) is 0. The Morgan fingerprint density at radius 1 is 1.23 bits per heavy atom. The zero-order valence-corrected chi connectivity index (χ0v) is 7.86. The number of alkyl halides is 3. The maximum Gasteiger partial charge on any atom is 0.328 e. The largest absolute Gasteiger partial charge is 0.344 e. The molecule has 1 saturated heterocycles. The first-order valence-electron chi connectivity index (χ1n) is 4.13. The second-order valence-corrected chi connectivity index (χ2v) is 3.58. The van der Waals surface area contributed by atoms with E-state index in [9.17, 15) is 13.2 Å². The summed E-state index contributed by atoms with van der Waals surface area (Å²) in [7, 11) is 0. The zero-order chi connectivity index (χ0) is 10.3. The lowest BCUT2D eigenvalue weighted by Gasteiger charge is -2.44. The SMILES string of the molecule is CCC1(F)OC(C)(C)OCC1(F)F. The van der Waals surface area contributed by atoms with E-state index in [2.05, 4.69) is 9.47 Å². The molecule has 1 atom stereocenters. The van der Waals surface area contributed by atoms with Gasteiger partial charge in [-0.05, 0) is 13.8 Å². The molecule has 1 unspecified atom stereocenters. The van der Waals surface area contributed by atoms with Crippen molar-refractivity contribution in [2.75, 3.05) is 6.61 Å². The minimum Gasteiger partial charge on any atom is -0.344 e. The summed E-state index contributed by atoms with van der Waals surface area (Å²) in [6.45, 7) is 3.19. The Kier molecular flexibility index (Phi) is 2.37. The van der Waals surface area contributed by atoms with Crippen LogP contribution in [-0.2, 0) is 9.47 Å². The molecule has 0 radical (unpaired) electrons. The molecule has 0 aliphatic carbocycles. The van der Waals surface area contributed by atoms with Crippen LogP contribution in [0.2, 0.25) is 0 Å². The van der Waals surface area contributed by atoms with Gasteiger partial charge in [0, 0.05) is 6.42 Å². The predicted octanol–water partition coefficient (Wildman–Crippen LogP) is 2.48. The summed E-state index contributed by atoms with van der Waals surface area (Å²) in [5, 5.41) is 0. The van der Waals surface area contributed by atoms with Crippen LogP contribution < -0.4 is 0 Å². The highest BCUT2D eigenvalue weighted by molar-refractivity contribution is 4.89. The molecule has 1 aliphatic rings. The van der Waals surface area contributed by atoms with Crippen molar-refractivity contribution in [2.24, 2.45) is 0 Å². The molecule has 2 nitrogen and oxygen atoms in total. The van der Waals surface area contributed by atoms with Crippen LogP contribution in [0.4, 0.5) is 13.2 Å². The Bertz CT molecular complexity index is 206. The second kappa shape index (κ2) is 2.85. The lowest BCUT2D eigenvalue weighted by atomic mass is 10.1. The molecule has 1 rings (SSSR count). The minimum atomic E-state index is -3.57. The molecule has 78 valence electrons. The third-order valence-corrected chi connectivity index (χ3v) is 2.01. The Morgan fingerprint density at radius 2 is 1.77 bits per heavy atom. The molecule has 0 spiro atoms. The van der Waals surface area contributed by atoms with Gasteiger partial charge in [-0.2, -0.15) is 8.78 Å². The Morgan fingerprint density at radius 3 is 2.15 bits per heavy atom. The average Bonchev–Trinajstić information content (AvgIpc) is 1.98. The summed E-state index contributed by atoms with van der Waals surface area (Å²) in [4.78, 5) is 0.